The summed E-state index contributed by atoms with van der Waals surface area (Å²) in [6.07, 6.45) is 6.97. The van der Waals surface area contributed by atoms with Crippen LogP contribution in [-0.4, -0.2) is 28.4 Å². The maximum atomic E-state index is 12.0. The Hall–Kier alpha value is -2.61. The van der Waals surface area contributed by atoms with Crippen LogP contribution >= 0.6 is 0 Å². The van der Waals surface area contributed by atoms with Crippen molar-refractivity contribution in [2.45, 2.75) is 39.2 Å². The first-order chi connectivity index (χ1) is 11.6. The highest BCUT2D eigenvalue weighted by Crippen LogP contribution is 2.30. The number of rotatable bonds is 4. The number of imidazole rings is 1. The van der Waals surface area contributed by atoms with E-state index in [0.29, 0.717) is 17.2 Å². The van der Waals surface area contributed by atoms with Crippen molar-refractivity contribution >= 4 is 11.5 Å². The number of nitriles is 1. The smallest absolute Gasteiger partial charge is 0.161 e. The molecule has 5 heteroatoms. The molecule has 0 radical (unpaired) electrons. The molecule has 0 saturated carbocycles. The van der Waals surface area contributed by atoms with Gasteiger partial charge in [0.25, 0.3) is 0 Å². The number of hydrogen-bond acceptors (Lipinski definition) is 4. The SMILES string of the molecule is CCc1nccn1C1CCCN(c2cc(C#N)ccc2C(C)=O)C1. The van der Waals surface area contributed by atoms with Crippen LogP contribution in [-0.2, 0) is 6.42 Å². The van der Waals surface area contributed by atoms with E-state index >= 15 is 0 Å². The van der Waals surface area contributed by atoms with Crippen LogP contribution in [0.25, 0.3) is 0 Å². The summed E-state index contributed by atoms with van der Waals surface area (Å²) in [5.41, 5.74) is 2.16. The van der Waals surface area contributed by atoms with Crippen molar-refractivity contribution in [3.63, 3.8) is 0 Å². The molecule has 0 N–H and O–H groups in total. The van der Waals surface area contributed by atoms with Gasteiger partial charge in [0.2, 0.25) is 0 Å². The van der Waals surface area contributed by atoms with Gasteiger partial charge in [-0.1, -0.05) is 6.92 Å². The fourth-order valence-corrected chi connectivity index (χ4v) is 3.51. The number of benzene rings is 1. The zero-order valence-electron chi connectivity index (χ0n) is 14.2. The van der Waals surface area contributed by atoms with Crippen LogP contribution in [0.4, 0.5) is 5.69 Å². The summed E-state index contributed by atoms with van der Waals surface area (Å²) in [5.74, 6) is 1.13. The van der Waals surface area contributed by atoms with Gasteiger partial charge in [0, 0.05) is 43.2 Å². The summed E-state index contributed by atoms with van der Waals surface area (Å²) in [5, 5.41) is 9.19. The molecule has 0 amide bonds. The second-order valence-electron chi connectivity index (χ2n) is 6.25. The maximum absolute atomic E-state index is 12.0. The van der Waals surface area contributed by atoms with Crippen LogP contribution in [0, 0.1) is 11.3 Å². The molecule has 24 heavy (non-hydrogen) atoms. The lowest BCUT2D eigenvalue weighted by Gasteiger charge is -2.36. The molecule has 1 aromatic carbocycles. The molecule has 1 atom stereocenters. The van der Waals surface area contributed by atoms with Crippen LogP contribution in [0.15, 0.2) is 30.6 Å². The molecule has 124 valence electrons. The molecule has 0 aliphatic carbocycles. The number of piperidine rings is 1. The Bertz CT molecular complexity index is 787. The van der Waals surface area contributed by atoms with Crippen molar-refractivity contribution in [1.29, 1.82) is 5.26 Å². The Kier molecular flexibility index (Phi) is 4.66. The predicted molar refractivity (Wildman–Crippen MR) is 93.3 cm³/mol. The first kappa shape index (κ1) is 16.3. The van der Waals surface area contributed by atoms with Crippen LogP contribution in [0.2, 0.25) is 0 Å². The van der Waals surface area contributed by atoms with E-state index in [4.69, 9.17) is 0 Å². The zero-order chi connectivity index (χ0) is 17.1. The number of carbonyl (C=O) groups is 1. The third-order valence-corrected chi connectivity index (χ3v) is 4.70. The van der Waals surface area contributed by atoms with Crippen molar-refractivity contribution in [2.24, 2.45) is 0 Å². The average molecular weight is 322 g/mol. The lowest BCUT2D eigenvalue weighted by Crippen LogP contribution is -2.37. The molecule has 5 nitrogen and oxygen atoms in total. The average Bonchev–Trinajstić information content (AvgIpc) is 3.10. The first-order valence-electron chi connectivity index (χ1n) is 8.45. The third kappa shape index (κ3) is 3.05. The standard InChI is InChI=1S/C19H22N4O/c1-3-19-21-8-10-23(19)16-5-4-9-22(13-16)18-11-15(12-20)6-7-17(18)14(2)24/h6-8,10-11,16H,3-5,9,13H2,1-2H3. The Labute approximate surface area is 142 Å². The number of ketones is 1. The van der Waals surface area contributed by atoms with Gasteiger partial charge in [-0.2, -0.15) is 5.26 Å². The summed E-state index contributed by atoms with van der Waals surface area (Å²) in [6.45, 7) is 5.43. The number of anilines is 1. The molecule has 1 aliphatic rings. The van der Waals surface area contributed by atoms with Gasteiger partial charge in [-0.25, -0.2) is 4.98 Å². The molecule has 1 saturated heterocycles. The summed E-state index contributed by atoms with van der Waals surface area (Å²) < 4.78 is 2.26. The normalized spacial score (nSPS) is 17.5. The summed E-state index contributed by atoms with van der Waals surface area (Å²) in [4.78, 5) is 18.7. The van der Waals surface area contributed by atoms with E-state index in [1.807, 2.05) is 18.5 Å². The number of Topliss-reactive ketones (excluding diaryl/α,β-unsaturated/α-hetero) is 1. The predicted octanol–water partition coefficient (Wildman–Crippen LogP) is 3.36. The molecular formula is C19H22N4O. The minimum atomic E-state index is 0.0356. The highest BCUT2D eigenvalue weighted by molar-refractivity contribution is 6.00. The Balaban J connectivity index is 1.93. The fraction of sp³-hybridized carbons (Fsp3) is 0.421. The number of nitrogens with zero attached hydrogens (tertiary/aromatic N) is 4. The minimum Gasteiger partial charge on any atom is -0.369 e. The van der Waals surface area contributed by atoms with Gasteiger partial charge in [-0.05, 0) is 38.0 Å². The van der Waals surface area contributed by atoms with Crippen molar-refractivity contribution in [3.05, 3.63) is 47.5 Å². The van der Waals surface area contributed by atoms with E-state index in [2.05, 4.69) is 27.4 Å². The lowest BCUT2D eigenvalue weighted by molar-refractivity contribution is 0.101. The summed E-state index contributed by atoms with van der Waals surface area (Å²) in [7, 11) is 0. The molecule has 3 rings (SSSR count). The van der Waals surface area contributed by atoms with E-state index in [-0.39, 0.29) is 5.78 Å². The van der Waals surface area contributed by atoms with Gasteiger partial charge in [0.1, 0.15) is 5.82 Å². The van der Waals surface area contributed by atoms with Crippen LogP contribution in [0.5, 0.6) is 0 Å². The maximum Gasteiger partial charge on any atom is 0.161 e. The molecule has 1 unspecified atom stereocenters. The van der Waals surface area contributed by atoms with Gasteiger partial charge < -0.3 is 9.47 Å². The van der Waals surface area contributed by atoms with Crippen LogP contribution < -0.4 is 4.90 Å². The summed E-state index contributed by atoms with van der Waals surface area (Å²) >= 11 is 0. The Morgan fingerprint density at radius 3 is 3.00 bits per heavy atom. The van der Waals surface area contributed by atoms with Crippen molar-refractivity contribution in [2.75, 3.05) is 18.0 Å². The van der Waals surface area contributed by atoms with E-state index in [0.717, 1.165) is 43.9 Å². The topological polar surface area (TPSA) is 61.9 Å². The Morgan fingerprint density at radius 2 is 2.29 bits per heavy atom. The molecule has 1 aliphatic heterocycles. The first-order valence-corrected chi connectivity index (χ1v) is 8.45. The monoisotopic (exact) mass is 322 g/mol. The van der Waals surface area contributed by atoms with Gasteiger partial charge >= 0.3 is 0 Å². The zero-order valence-corrected chi connectivity index (χ0v) is 14.2. The van der Waals surface area contributed by atoms with E-state index in [1.54, 1.807) is 19.1 Å². The lowest BCUT2D eigenvalue weighted by atomic mass is 10.0. The second-order valence-corrected chi connectivity index (χ2v) is 6.25. The van der Waals surface area contributed by atoms with Crippen molar-refractivity contribution in [1.82, 2.24) is 9.55 Å². The number of aryl methyl sites for hydroxylation is 1. The van der Waals surface area contributed by atoms with E-state index in [9.17, 15) is 10.1 Å². The number of carbonyl (C=O) groups excluding carboxylic acids is 1. The van der Waals surface area contributed by atoms with Crippen molar-refractivity contribution < 1.29 is 4.79 Å². The second kappa shape index (κ2) is 6.88. The quantitative estimate of drug-likeness (QED) is 0.810. The van der Waals surface area contributed by atoms with Gasteiger partial charge in [-0.15, -0.1) is 0 Å². The molecule has 0 bridgehead atoms. The highest BCUT2D eigenvalue weighted by Gasteiger charge is 2.25. The van der Waals surface area contributed by atoms with Crippen LogP contribution in [0.1, 0.15) is 54.5 Å². The number of aromatic nitrogens is 2. The molecule has 1 aromatic heterocycles. The summed E-state index contributed by atoms with van der Waals surface area (Å²) in [6, 6.07) is 7.85. The van der Waals surface area contributed by atoms with Crippen LogP contribution in [0.3, 0.4) is 0 Å². The van der Waals surface area contributed by atoms with Gasteiger partial charge in [-0.3, -0.25) is 4.79 Å². The molecule has 2 heterocycles. The highest BCUT2D eigenvalue weighted by atomic mass is 16.1. The molecular weight excluding hydrogens is 300 g/mol. The van der Waals surface area contributed by atoms with Gasteiger partial charge in [0.15, 0.2) is 5.78 Å². The van der Waals surface area contributed by atoms with Crippen molar-refractivity contribution in [3.8, 4) is 6.07 Å². The minimum absolute atomic E-state index is 0.0356. The van der Waals surface area contributed by atoms with Gasteiger partial charge in [0.05, 0.1) is 17.7 Å². The Morgan fingerprint density at radius 1 is 1.46 bits per heavy atom. The van der Waals surface area contributed by atoms with E-state index in [1.165, 1.54) is 0 Å². The molecule has 1 fully saturated rings. The fourth-order valence-electron chi connectivity index (χ4n) is 3.51. The van der Waals surface area contributed by atoms with E-state index < -0.39 is 0 Å². The molecule has 0 spiro atoms. The number of hydrogen-bond donors (Lipinski definition) is 0. The molecule has 2 aromatic rings. The largest absolute Gasteiger partial charge is 0.369 e. The third-order valence-electron chi connectivity index (χ3n) is 4.70.